The Morgan fingerprint density at radius 1 is 1.40 bits per heavy atom. The summed E-state index contributed by atoms with van der Waals surface area (Å²) in [6, 6.07) is 0. The van der Waals surface area contributed by atoms with Gasteiger partial charge >= 0.3 is 5.97 Å². The number of hydrogen-bond acceptors (Lipinski definition) is 4. The summed E-state index contributed by atoms with van der Waals surface area (Å²) in [6.07, 6.45) is 2.44. The van der Waals surface area contributed by atoms with Gasteiger partial charge in [0.15, 0.2) is 0 Å². The molecule has 0 aliphatic carbocycles. The Morgan fingerprint density at radius 2 is 2.07 bits per heavy atom. The van der Waals surface area contributed by atoms with Crippen molar-refractivity contribution >= 4 is 5.97 Å². The van der Waals surface area contributed by atoms with E-state index in [9.17, 15) is 4.79 Å². The number of ether oxygens (including phenoxy) is 2. The summed E-state index contributed by atoms with van der Waals surface area (Å²) in [7, 11) is 0. The average molecular weight is 215 g/mol. The highest BCUT2D eigenvalue weighted by atomic mass is 16.5. The van der Waals surface area contributed by atoms with Crippen LogP contribution in [0, 0.1) is 0 Å². The molecule has 1 saturated heterocycles. The normalized spacial score (nSPS) is 19.9. The van der Waals surface area contributed by atoms with E-state index in [0.29, 0.717) is 32.7 Å². The first-order valence-electron chi connectivity index (χ1n) is 5.75. The summed E-state index contributed by atoms with van der Waals surface area (Å²) in [4.78, 5) is 11.9. The van der Waals surface area contributed by atoms with E-state index in [0.717, 1.165) is 13.0 Å². The number of esters is 1. The lowest BCUT2D eigenvalue weighted by molar-refractivity contribution is -0.155. The van der Waals surface area contributed by atoms with Crippen molar-refractivity contribution in [3.63, 3.8) is 0 Å². The van der Waals surface area contributed by atoms with Gasteiger partial charge in [-0.1, -0.05) is 6.92 Å². The van der Waals surface area contributed by atoms with E-state index in [2.05, 4.69) is 12.2 Å². The Kier molecular flexibility index (Phi) is 5.05. The predicted octanol–water partition coefficient (Wildman–Crippen LogP) is 1.10. The molecule has 0 radical (unpaired) electrons. The molecule has 1 aliphatic rings. The monoisotopic (exact) mass is 215 g/mol. The molecule has 0 amide bonds. The summed E-state index contributed by atoms with van der Waals surface area (Å²) in [5.74, 6) is -0.123. The van der Waals surface area contributed by atoms with Crippen LogP contribution < -0.4 is 5.32 Å². The van der Waals surface area contributed by atoms with Crippen LogP contribution in [-0.4, -0.2) is 37.9 Å². The summed E-state index contributed by atoms with van der Waals surface area (Å²) in [5, 5.41) is 3.31. The van der Waals surface area contributed by atoms with Gasteiger partial charge in [0.25, 0.3) is 0 Å². The Balaban J connectivity index is 2.61. The minimum atomic E-state index is -0.496. The minimum Gasteiger partial charge on any atom is -0.465 e. The molecule has 1 N–H and O–H groups in total. The van der Waals surface area contributed by atoms with Crippen molar-refractivity contribution in [1.82, 2.24) is 5.32 Å². The molecular formula is C11H21NO3. The maximum absolute atomic E-state index is 11.9. The third-order valence-corrected chi connectivity index (χ3v) is 2.73. The molecule has 1 aliphatic heterocycles. The van der Waals surface area contributed by atoms with Crippen LogP contribution in [0.5, 0.6) is 0 Å². The van der Waals surface area contributed by atoms with Gasteiger partial charge in [0.1, 0.15) is 5.54 Å². The zero-order valence-electron chi connectivity index (χ0n) is 9.67. The number of carbonyl (C=O) groups excluding carboxylic acids is 1. The molecule has 4 heteroatoms. The first kappa shape index (κ1) is 12.5. The Hall–Kier alpha value is -0.610. The van der Waals surface area contributed by atoms with Crippen LogP contribution >= 0.6 is 0 Å². The van der Waals surface area contributed by atoms with E-state index in [4.69, 9.17) is 9.47 Å². The van der Waals surface area contributed by atoms with E-state index in [1.165, 1.54) is 0 Å². The zero-order chi connectivity index (χ0) is 11.1. The first-order chi connectivity index (χ1) is 7.25. The standard InChI is InChI=1S/C11H21NO3/c1-3-7-12-11(10(13)15-4-2)5-8-14-9-6-11/h12H,3-9H2,1-2H3. The summed E-state index contributed by atoms with van der Waals surface area (Å²) in [6.45, 7) is 6.48. The fourth-order valence-electron chi connectivity index (χ4n) is 1.81. The van der Waals surface area contributed by atoms with Gasteiger partial charge in [0.2, 0.25) is 0 Å². The van der Waals surface area contributed by atoms with Crippen molar-refractivity contribution in [2.75, 3.05) is 26.4 Å². The van der Waals surface area contributed by atoms with Crippen LogP contribution in [0.2, 0.25) is 0 Å². The minimum absolute atomic E-state index is 0.123. The van der Waals surface area contributed by atoms with E-state index >= 15 is 0 Å². The SMILES string of the molecule is CCCNC1(C(=O)OCC)CCOCC1. The second-order valence-electron chi connectivity index (χ2n) is 3.84. The molecule has 1 rings (SSSR count). The van der Waals surface area contributed by atoms with Gasteiger partial charge in [-0.25, -0.2) is 0 Å². The average Bonchev–Trinajstić information content (AvgIpc) is 2.28. The van der Waals surface area contributed by atoms with Gasteiger partial charge in [-0.15, -0.1) is 0 Å². The van der Waals surface area contributed by atoms with Crippen molar-refractivity contribution in [1.29, 1.82) is 0 Å². The fraction of sp³-hybridized carbons (Fsp3) is 0.909. The van der Waals surface area contributed by atoms with Crippen LogP contribution in [0.3, 0.4) is 0 Å². The van der Waals surface area contributed by atoms with Crippen molar-refractivity contribution < 1.29 is 14.3 Å². The molecule has 0 aromatic carbocycles. The van der Waals surface area contributed by atoms with Gasteiger partial charge in [-0.2, -0.15) is 0 Å². The van der Waals surface area contributed by atoms with Crippen molar-refractivity contribution in [2.24, 2.45) is 0 Å². The number of nitrogens with one attached hydrogen (secondary N) is 1. The summed E-state index contributed by atoms with van der Waals surface area (Å²) >= 11 is 0. The lowest BCUT2D eigenvalue weighted by Gasteiger charge is -2.35. The molecular weight excluding hydrogens is 194 g/mol. The third kappa shape index (κ3) is 3.18. The third-order valence-electron chi connectivity index (χ3n) is 2.73. The second kappa shape index (κ2) is 6.08. The van der Waals surface area contributed by atoms with E-state index in [1.54, 1.807) is 0 Å². The van der Waals surface area contributed by atoms with Crippen LogP contribution in [0.15, 0.2) is 0 Å². The Morgan fingerprint density at radius 3 is 2.60 bits per heavy atom. The summed E-state index contributed by atoms with van der Waals surface area (Å²) in [5.41, 5.74) is -0.496. The quantitative estimate of drug-likeness (QED) is 0.698. The maximum Gasteiger partial charge on any atom is 0.326 e. The van der Waals surface area contributed by atoms with Crippen molar-refractivity contribution in [3.05, 3.63) is 0 Å². The second-order valence-corrected chi connectivity index (χ2v) is 3.84. The molecule has 1 fully saturated rings. The lowest BCUT2D eigenvalue weighted by Crippen LogP contribution is -2.56. The van der Waals surface area contributed by atoms with E-state index in [1.807, 2.05) is 6.92 Å². The van der Waals surface area contributed by atoms with Crippen molar-refractivity contribution in [2.45, 2.75) is 38.6 Å². The van der Waals surface area contributed by atoms with Crippen LogP contribution in [0.1, 0.15) is 33.1 Å². The largest absolute Gasteiger partial charge is 0.465 e. The molecule has 0 spiro atoms. The zero-order valence-corrected chi connectivity index (χ0v) is 9.67. The van der Waals surface area contributed by atoms with Gasteiger partial charge in [0.05, 0.1) is 6.61 Å². The highest BCUT2D eigenvalue weighted by molar-refractivity contribution is 5.81. The first-order valence-corrected chi connectivity index (χ1v) is 5.75. The van der Waals surface area contributed by atoms with E-state index in [-0.39, 0.29) is 5.97 Å². The fourth-order valence-corrected chi connectivity index (χ4v) is 1.81. The van der Waals surface area contributed by atoms with Crippen LogP contribution in [-0.2, 0) is 14.3 Å². The van der Waals surface area contributed by atoms with Crippen LogP contribution in [0.25, 0.3) is 0 Å². The molecule has 0 atom stereocenters. The maximum atomic E-state index is 11.9. The van der Waals surface area contributed by atoms with Gasteiger partial charge in [0, 0.05) is 13.2 Å². The molecule has 0 saturated carbocycles. The number of rotatable bonds is 5. The van der Waals surface area contributed by atoms with Gasteiger partial charge in [-0.05, 0) is 32.7 Å². The Labute approximate surface area is 91.3 Å². The van der Waals surface area contributed by atoms with Gasteiger partial charge in [-0.3, -0.25) is 4.79 Å². The smallest absolute Gasteiger partial charge is 0.326 e. The molecule has 0 bridgehead atoms. The Bertz CT molecular complexity index is 200. The number of hydrogen-bond donors (Lipinski definition) is 1. The molecule has 4 nitrogen and oxygen atoms in total. The predicted molar refractivity (Wildman–Crippen MR) is 57.7 cm³/mol. The molecule has 0 aromatic heterocycles. The molecule has 0 aromatic rings. The van der Waals surface area contributed by atoms with Gasteiger partial charge < -0.3 is 14.8 Å². The molecule has 0 unspecified atom stereocenters. The van der Waals surface area contributed by atoms with E-state index < -0.39 is 5.54 Å². The topological polar surface area (TPSA) is 47.6 Å². The van der Waals surface area contributed by atoms with Crippen LogP contribution in [0.4, 0.5) is 0 Å². The molecule has 88 valence electrons. The molecule has 15 heavy (non-hydrogen) atoms. The summed E-state index contributed by atoms with van der Waals surface area (Å²) < 4.78 is 10.4. The highest BCUT2D eigenvalue weighted by Gasteiger charge is 2.40. The lowest BCUT2D eigenvalue weighted by atomic mass is 9.90. The highest BCUT2D eigenvalue weighted by Crippen LogP contribution is 2.22. The van der Waals surface area contributed by atoms with Crippen molar-refractivity contribution in [3.8, 4) is 0 Å². The number of carbonyl (C=O) groups is 1. The molecule has 1 heterocycles.